The van der Waals surface area contributed by atoms with E-state index in [4.69, 9.17) is 9.84 Å². The van der Waals surface area contributed by atoms with Gasteiger partial charge in [0.1, 0.15) is 11.3 Å². The minimum absolute atomic E-state index is 0.0279. The number of nitrogens with zero attached hydrogens (tertiary/aromatic N) is 1. The Bertz CT molecular complexity index is 700. The predicted molar refractivity (Wildman–Crippen MR) is 71.9 cm³/mol. The molecule has 1 aromatic heterocycles. The molecule has 5 heteroatoms. The number of aromatic carboxylic acids is 1. The van der Waals surface area contributed by atoms with Crippen molar-refractivity contribution in [2.24, 2.45) is 7.05 Å². The number of aromatic nitrogens is 1. The maximum atomic E-state index is 12.1. The van der Waals surface area contributed by atoms with Crippen LogP contribution in [0, 0.1) is 0 Å². The lowest BCUT2D eigenvalue weighted by Gasteiger charge is -2.15. The van der Waals surface area contributed by atoms with E-state index >= 15 is 0 Å². The first-order valence-electron chi connectivity index (χ1n) is 5.94. The first kappa shape index (κ1) is 13.1. The van der Waals surface area contributed by atoms with Gasteiger partial charge >= 0.3 is 5.97 Å². The number of carboxylic acid groups (broad SMARTS) is 1. The number of carboxylic acids is 1. The highest BCUT2D eigenvalue weighted by atomic mass is 16.5. The second-order valence-electron chi connectivity index (χ2n) is 4.61. The fourth-order valence-electron chi connectivity index (χ4n) is 2.03. The summed E-state index contributed by atoms with van der Waals surface area (Å²) in [5, 5.41) is 9.37. The molecule has 5 nitrogen and oxygen atoms in total. The average molecular weight is 261 g/mol. The Morgan fingerprint density at radius 3 is 2.63 bits per heavy atom. The predicted octanol–water partition coefficient (Wildman–Crippen LogP) is 2.02. The van der Waals surface area contributed by atoms with E-state index in [9.17, 15) is 9.59 Å². The zero-order valence-corrected chi connectivity index (χ0v) is 11.0. The van der Waals surface area contributed by atoms with Crippen molar-refractivity contribution in [1.29, 1.82) is 0 Å². The Balaban J connectivity index is 2.82. The first-order chi connectivity index (χ1) is 8.91. The molecule has 2 rings (SSSR count). The van der Waals surface area contributed by atoms with Crippen LogP contribution in [0.5, 0.6) is 5.75 Å². The Morgan fingerprint density at radius 2 is 2.05 bits per heavy atom. The molecule has 1 N–H and O–H groups in total. The van der Waals surface area contributed by atoms with Crippen LogP contribution in [0.1, 0.15) is 24.2 Å². The maximum Gasteiger partial charge on any atom is 0.341 e. The summed E-state index contributed by atoms with van der Waals surface area (Å²) in [6.07, 6.45) is 1.29. The van der Waals surface area contributed by atoms with Crippen LogP contribution in [-0.2, 0) is 7.05 Å². The van der Waals surface area contributed by atoms with Gasteiger partial charge < -0.3 is 14.4 Å². The second kappa shape index (κ2) is 4.76. The van der Waals surface area contributed by atoms with Crippen molar-refractivity contribution < 1.29 is 14.6 Å². The third kappa shape index (κ3) is 2.31. The smallest absolute Gasteiger partial charge is 0.341 e. The van der Waals surface area contributed by atoms with Gasteiger partial charge in [-0.2, -0.15) is 0 Å². The molecule has 0 atom stereocenters. The number of benzene rings is 1. The van der Waals surface area contributed by atoms with Crippen molar-refractivity contribution in [2.45, 2.75) is 20.0 Å². The average Bonchev–Trinajstić information content (AvgIpc) is 2.32. The van der Waals surface area contributed by atoms with Gasteiger partial charge in [0, 0.05) is 13.2 Å². The van der Waals surface area contributed by atoms with Crippen molar-refractivity contribution in [3.8, 4) is 5.75 Å². The lowest BCUT2D eigenvalue weighted by molar-refractivity contribution is 0.0695. The van der Waals surface area contributed by atoms with E-state index in [0.717, 1.165) is 0 Å². The summed E-state index contributed by atoms with van der Waals surface area (Å²) < 4.78 is 7.27. The van der Waals surface area contributed by atoms with Crippen LogP contribution in [0.4, 0.5) is 0 Å². The fraction of sp³-hybridized carbons (Fsp3) is 0.286. The van der Waals surface area contributed by atoms with E-state index in [1.54, 1.807) is 29.8 Å². The minimum Gasteiger partial charge on any atom is -0.489 e. The zero-order valence-electron chi connectivity index (χ0n) is 11.0. The maximum absolute atomic E-state index is 12.1. The van der Waals surface area contributed by atoms with E-state index < -0.39 is 11.4 Å². The molecule has 0 spiro atoms. The molecule has 1 aromatic carbocycles. The van der Waals surface area contributed by atoms with Gasteiger partial charge in [-0.1, -0.05) is 6.07 Å². The van der Waals surface area contributed by atoms with Gasteiger partial charge in [-0.05, 0) is 26.0 Å². The zero-order chi connectivity index (χ0) is 14.2. The van der Waals surface area contributed by atoms with Crippen LogP contribution in [0.25, 0.3) is 10.9 Å². The summed E-state index contributed by atoms with van der Waals surface area (Å²) in [4.78, 5) is 23.1. The van der Waals surface area contributed by atoms with Gasteiger partial charge in [-0.15, -0.1) is 0 Å². The quantitative estimate of drug-likeness (QED) is 0.917. The summed E-state index contributed by atoms with van der Waals surface area (Å²) in [5.74, 6) is -0.651. The number of hydrogen-bond acceptors (Lipinski definition) is 3. The number of rotatable bonds is 3. The molecular formula is C14H15NO4. The molecule has 0 saturated heterocycles. The van der Waals surface area contributed by atoms with Crippen LogP contribution in [0.2, 0.25) is 0 Å². The van der Waals surface area contributed by atoms with Crippen LogP contribution in [0.3, 0.4) is 0 Å². The Hall–Kier alpha value is -2.30. The van der Waals surface area contributed by atoms with Crippen LogP contribution >= 0.6 is 0 Å². The third-order valence-electron chi connectivity index (χ3n) is 2.76. The standard InChI is InChI=1S/C14H15NO4/c1-8(2)19-11-6-4-5-9-12(11)15(3)7-10(13(9)16)14(17)18/h4-8H,1-3H3,(H,17,18). The van der Waals surface area contributed by atoms with Gasteiger partial charge in [0.15, 0.2) is 0 Å². The van der Waals surface area contributed by atoms with E-state index in [2.05, 4.69) is 0 Å². The molecule has 2 aromatic rings. The molecule has 0 amide bonds. The van der Waals surface area contributed by atoms with Crippen molar-refractivity contribution in [1.82, 2.24) is 4.57 Å². The topological polar surface area (TPSA) is 68.5 Å². The Morgan fingerprint density at radius 1 is 1.37 bits per heavy atom. The van der Waals surface area contributed by atoms with Gasteiger partial charge in [0.05, 0.1) is 17.0 Å². The SMILES string of the molecule is CC(C)Oc1cccc2c(=O)c(C(=O)O)cn(C)c12. The van der Waals surface area contributed by atoms with Crippen LogP contribution < -0.4 is 10.2 Å². The molecule has 0 radical (unpaired) electrons. The molecule has 0 aliphatic rings. The molecule has 0 unspecified atom stereocenters. The normalized spacial score (nSPS) is 10.9. The number of para-hydroxylation sites is 1. The van der Waals surface area contributed by atoms with E-state index in [1.165, 1.54) is 6.20 Å². The molecule has 100 valence electrons. The van der Waals surface area contributed by atoms with Crippen molar-refractivity contribution >= 4 is 16.9 Å². The van der Waals surface area contributed by atoms with Gasteiger partial charge in [-0.3, -0.25) is 4.79 Å². The summed E-state index contributed by atoms with van der Waals surface area (Å²) in [7, 11) is 1.70. The van der Waals surface area contributed by atoms with E-state index in [0.29, 0.717) is 16.7 Å². The van der Waals surface area contributed by atoms with Crippen LogP contribution in [-0.4, -0.2) is 21.7 Å². The van der Waals surface area contributed by atoms with E-state index in [-0.39, 0.29) is 11.7 Å². The summed E-state index contributed by atoms with van der Waals surface area (Å²) in [6, 6.07) is 5.06. The highest BCUT2D eigenvalue weighted by molar-refractivity contribution is 5.94. The van der Waals surface area contributed by atoms with Crippen molar-refractivity contribution in [2.75, 3.05) is 0 Å². The molecule has 1 heterocycles. The highest BCUT2D eigenvalue weighted by Gasteiger charge is 2.16. The molecule has 0 fully saturated rings. The molecular weight excluding hydrogens is 246 g/mol. The number of hydrogen-bond donors (Lipinski definition) is 1. The number of aryl methyl sites for hydroxylation is 1. The van der Waals surface area contributed by atoms with E-state index in [1.807, 2.05) is 13.8 Å². The Kier molecular flexibility index (Phi) is 3.29. The van der Waals surface area contributed by atoms with Gasteiger partial charge in [0.2, 0.25) is 5.43 Å². The summed E-state index contributed by atoms with van der Waals surface area (Å²) >= 11 is 0. The largest absolute Gasteiger partial charge is 0.489 e. The number of fused-ring (bicyclic) bond motifs is 1. The molecule has 0 bridgehead atoms. The molecule has 19 heavy (non-hydrogen) atoms. The minimum atomic E-state index is -1.22. The van der Waals surface area contributed by atoms with Gasteiger partial charge in [0.25, 0.3) is 0 Å². The van der Waals surface area contributed by atoms with Crippen LogP contribution in [0.15, 0.2) is 29.2 Å². The molecule has 0 aliphatic carbocycles. The number of pyridine rings is 1. The first-order valence-corrected chi connectivity index (χ1v) is 5.94. The fourth-order valence-corrected chi connectivity index (χ4v) is 2.03. The Labute approximate surface area is 110 Å². The van der Waals surface area contributed by atoms with Crippen molar-refractivity contribution in [3.63, 3.8) is 0 Å². The number of ether oxygens (including phenoxy) is 1. The molecule has 0 aliphatic heterocycles. The second-order valence-corrected chi connectivity index (χ2v) is 4.61. The summed E-state index contributed by atoms with van der Waals surface area (Å²) in [5.41, 5.74) is -0.127. The summed E-state index contributed by atoms with van der Waals surface area (Å²) in [6.45, 7) is 3.78. The monoisotopic (exact) mass is 261 g/mol. The highest BCUT2D eigenvalue weighted by Crippen LogP contribution is 2.24. The lowest BCUT2D eigenvalue weighted by atomic mass is 10.1. The third-order valence-corrected chi connectivity index (χ3v) is 2.76. The molecule has 0 saturated carbocycles. The lowest BCUT2D eigenvalue weighted by Crippen LogP contribution is -2.18. The number of carbonyl (C=O) groups is 1. The van der Waals surface area contributed by atoms with Crippen molar-refractivity contribution in [3.05, 3.63) is 40.2 Å². The van der Waals surface area contributed by atoms with Gasteiger partial charge in [-0.25, -0.2) is 4.79 Å².